The number of aromatic nitrogens is 1. The summed E-state index contributed by atoms with van der Waals surface area (Å²) in [5.41, 5.74) is 0.640. The Bertz CT molecular complexity index is 879. The van der Waals surface area contributed by atoms with Crippen LogP contribution in [0.2, 0.25) is 0 Å². The zero-order chi connectivity index (χ0) is 19.7. The number of halogens is 1. The normalized spacial score (nSPS) is 18.9. The topological polar surface area (TPSA) is 71.5 Å². The Hall–Kier alpha value is -2.48. The molecule has 8 heteroatoms. The molecule has 28 heavy (non-hydrogen) atoms. The van der Waals surface area contributed by atoms with Crippen molar-refractivity contribution in [2.75, 3.05) is 6.54 Å². The van der Waals surface area contributed by atoms with Crippen molar-refractivity contribution in [3.05, 3.63) is 45.7 Å². The molecule has 2 fully saturated rings. The van der Waals surface area contributed by atoms with E-state index in [-0.39, 0.29) is 30.3 Å². The monoisotopic (exact) mass is 403 g/mol. The summed E-state index contributed by atoms with van der Waals surface area (Å²) in [6.45, 7) is 2.58. The number of carbonyl (C=O) groups is 2. The van der Waals surface area contributed by atoms with Crippen molar-refractivity contribution in [3.63, 3.8) is 0 Å². The van der Waals surface area contributed by atoms with Crippen LogP contribution in [0, 0.1) is 12.7 Å². The number of thiazole rings is 1. The molecule has 1 unspecified atom stereocenters. The minimum absolute atomic E-state index is 0.0459. The molecule has 1 saturated carbocycles. The van der Waals surface area contributed by atoms with Crippen LogP contribution in [0.25, 0.3) is 0 Å². The number of rotatable bonds is 6. The number of aryl methyl sites for hydroxylation is 1. The van der Waals surface area contributed by atoms with Crippen molar-refractivity contribution in [3.8, 4) is 5.75 Å². The van der Waals surface area contributed by atoms with E-state index >= 15 is 0 Å². The molecular weight excluding hydrogens is 381 g/mol. The zero-order valence-electron chi connectivity index (χ0n) is 15.6. The number of hydrogen-bond acceptors (Lipinski definition) is 5. The van der Waals surface area contributed by atoms with Crippen LogP contribution in [0.5, 0.6) is 5.75 Å². The molecular formula is C20H22FN3O3S. The number of carbonyl (C=O) groups excluding carboxylic acids is 2. The lowest BCUT2D eigenvalue weighted by atomic mass is 10.2. The summed E-state index contributed by atoms with van der Waals surface area (Å²) in [7, 11) is 0. The SMILES string of the molecule is Cc1nc(COc2ccc(F)cc2)sc1C(=O)N1CCCC1C(=O)NC1CC1. The molecule has 1 atom stereocenters. The minimum atomic E-state index is -0.395. The molecule has 2 amide bonds. The van der Waals surface area contributed by atoms with E-state index in [0.29, 0.717) is 34.3 Å². The summed E-state index contributed by atoms with van der Waals surface area (Å²) in [5.74, 6) is 0.0292. The Balaban J connectivity index is 1.42. The Labute approximate surface area is 166 Å². The third-order valence-electron chi connectivity index (χ3n) is 4.95. The molecule has 6 nitrogen and oxygen atoms in total. The summed E-state index contributed by atoms with van der Waals surface area (Å²) >= 11 is 1.28. The van der Waals surface area contributed by atoms with E-state index in [2.05, 4.69) is 10.3 Å². The lowest BCUT2D eigenvalue weighted by Crippen LogP contribution is -2.46. The zero-order valence-corrected chi connectivity index (χ0v) is 16.4. The van der Waals surface area contributed by atoms with E-state index in [9.17, 15) is 14.0 Å². The number of nitrogens with one attached hydrogen (secondary N) is 1. The Kier molecular flexibility index (Phi) is 5.30. The van der Waals surface area contributed by atoms with Crippen LogP contribution in [0.15, 0.2) is 24.3 Å². The van der Waals surface area contributed by atoms with E-state index in [1.807, 2.05) is 0 Å². The van der Waals surface area contributed by atoms with Crippen LogP contribution < -0.4 is 10.1 Å². The van der Waals surface area contributed by atoms with Crippen molar-refractivity contribution in [2.45, 2.75) is 51.3 Å². The fourth-order valence-corrected chi connectivity index (χ4v) is 4.26. The first-order valence-corrected chi connectivity index (χ1v) is 10.3. The fourth-order valence-electron chi connectivity index (χ4n) is 3.33. The quantitative estimate of drug-likeness (QED) is 0.805. The largest absolute Gasteiger partial charge is 0.486 e. The second kappa shape index (κ2) is 7.87. The molecule has 1 aromatic carbocycles. The Morgan fingerprint density at radius 2 is 2.04 bits per heavy atom. The van der Waals surface area contributed by atoms with Gasteiger partial charge >= 0.3 is 0 Å². The van der Waals surface area contributed by atoms with Gasteiger partial charge in [-0.15, -0.1) is 11.3 Å². The molecule has 1 N–H and O–H groups in total. The second-order valence-corrected chi connectivity index (χ2v) is 8.29. The molecule has 0 bridgehead atoms. The van der Waals surface area contributed by atoms with Gasteiger partial charge in [-0.2, -0.15) is 0 Å². The molecule has 2 heterocycles. The van der Waals surface area contributed by atoms with E-state index in [4.69, 9.17) is 4.74 Å². The lowest BCUT2D eigenvalue weighted by molar-refractivity contribution is -0.125. The van der Waals surface area contributed by atoms with Crippen LogP contribution in [0.1, 0.15) is 46.1 Å². The van der Waals surface area contributed by atoms with E-state index in [1.54, 1.807) is 24.0 Å². The van der Waals surface area contributed by atoms with Gasteiger partial charge < -0.3 is 15.0 Å². The summed E-state index contributed by atoms with van der Waals surface area (Å²) in [4.78, 5) is 32.1. The first-order valence-electron chi connectivity index (χ1n) is 9.47. The third-order valence-corrected chi connectivity index (χ3v) is 6.07. The van der Waals surface area contributed by atoms with Crippen molar-refractivity contribution in [2.24, 2.45) is 0 Å². The minimum Gasteiger partial charge on any atom is -0.486 e. The molecule has 0 spiro atoms. The fraction of sp³-hybridized carbons (Fsp3) is 0.450. The molecule has 2 aromatic rings. The summed E-state index contributed by atoms with van der Waals surface area (Å²) in [6.07, 6.45) is 3.57. The van der Waals surface area contributed by atoms with Crippen molar-refractivity contribution >= 4 is 23.2 Å². The van der Waals surface area contributed by atoms with Gasteiger partial charge in [-0.1, -0.05) is 0 Å². The predicted molar refractivity (Wildman–Crippen MR) is 103 cm³/mol. The average Bonchev–Trinajstić information content (AvgIpc) is 3.21. The molecule has 0 radical (unpaired) electrons. The number of benzene rings is 1. The maximum absolute atomic E-state index is 13.0. The highest BCUT2D eigenvalue weighted by Crippen LogP contribution is 2.27. The maximum atomic E-state index is 13.0. The van der Waals surface area contributed by atoms with Gasteiger partial charge in [-0.05, 0) is 56.9 Å². The van der Waals surface area contributed by atoms with E-state index in [1.165, 1.54) is 23.5 Å². The number of ether oxygens (including phenoxy) is 1. The van der Waals surface area contributed by atoms with Crippen LogP contribution in [-0.2, 0) is 11.4 Å². The standard InChI is InChI=1S/C20H22FN3O3S/c1-12-18(28-17(22-12)11-27-15-8-4-13(21)5-9-15)20(26)24-10-2-3-16(24)19(25)23-14-6-7-14/h4-5,8-9,14,16H,2-3,6-7,10-11H2,1H3,(H,23,25). The van der Waals surface area contributed by atoms with Crippen LogP contribution >= 0.6 is 11.3 Å². The van der Waals surface area contributed by atoms with Crippen molar-refractivity contribution in [1.29, 1.82) is 0 Å². The predicted octanol–water partition coefficient (Wildman–Crippen LogP) is 3.05. The van der Waals surface area contributed by atoms with Gasteiger partial charge in [-0.3, -0.25) is 9.59 Å². The number of likely N-dealkylation sites (tertiary alicyclic amines) is 1. The molecule has 2 aliphatic rings. The highest BCUT2D eigenvalue weighted by Gasteiger charge is 2.37. The average molecular weight is 403 g/mol. The van der Waals surface area contributed by atoms with Gasteiger partial charge in [-0.25, -0.2) is 9.37 Å². The van der Waals surface area contributed by atoms with Gasteiger partial charge in [0.05, 0.1) is 5.69 Å². The second-order valence-electron chi connectivity index (χ2n) is 7.20. The number of nitrogens with zero attached hydrogens (tertiary/aromatic N) is 2. The van der Waals surface area contributed by atoms with Crippen LogP contribution in [-0.4, -0.2) is 40.3 Å². The van der Waals surface area contributed by atoms with Crippen molar-refractivity contribution < 1.29 is 18.7 Å². The smallest absolute Gasteiger partial charge is 0.266 e. The van der Waals surface area contributed by atoms with Gasteiger partial charge in [0.15, 0.2) is 0 Å². The van der Waals surface area contributed by atoms with E-state index < -0.39 is 6.04 Å². The summed E-state index contributed by atoms with van der Waals surface area (Å²) in [5, 5.41) is 3.67. The van der Waals surface area contributed by atoms with Crippen LogP contribution in [0.4, 0.5) is 4.39 Å². The Morgan fingerprint density at radius 1 is 1.29 bits per heavy atom. The van der Waals surface area contributed by atoms with Gasteiger partial charge in [0.1, 0.15) is 34.1 Å². The van der Waals surface area contributed by atoms with Crippen LogP contribution in [0.3, 0.4) is 0 Å². The molecule has 1 aliphatic heterocycles. The molecule has 1 aromatic heterocycles. The van der Waals surface area contributed by atoms with Gasteiger partial charge in [0, 0.05) is 12.6 Å². The molecule has 1 aliphatic carbocycles. The highest BCUT2D eigenvalue weighted by atomic mass is 32.1. The number of hydrogen-bond donors (Lipinski definition) is 1. The third kappa shape index (κ3) is 4.16. The Morgan fingerprint density at radius 3 is 2.75 bits per heavy atom. The van der Waals surface area contributed by atoms with Crippen molar-refractivity contribution in [1.82, 2.24) is 15.2 Å². The lowest BCUT2D eigenvalue weighted by Gasteiger charge is -2.23. The maximum Gasteiger partial charge on any atom is 0.266 e. The molecule has 4 rings (SSSR count). The van der Waals surface area contributed by atoms with Gasteiger partial charge in [0.25, 0.3) is 5.91 Å². The van der Waals surface area contributed by atoms with E-state index in [0.717, 1.165) is 19.3 Å². The number of amides is 2. The summed E-state index contributed by atoms with van der Waals surface area (Å²) < 4.78 is 18.6. The molecule has 148 valence electrons. The first-order chi connectivity index (χ1) is 13.5. The first kappa shape index (κ1) is 18.9. The summed E-state index contributed by atoms with van der Waals surface area (Å²) in [6, 6.07) is 5.65. The molecule has 1 saturated heterocycles. The van der Waals surface area contributed by atoms with Gasteiger partial charge in [0.2, 0.25) is 5.91 Å². The highest BCUT2D eigenvalue weighted by molar-refractivity contribution is 7.13.